The maximum atomic E-state index is 3.72. The lowest BCUT2D eigenvalue weighted by molar-refractivity contribution is 0.376. The SMILES string of the molecule is CCc1cccc(N2CC(C3CC3)NCC2C)c1. The van der Waals surface area contributed by atoms with Crippen LogP contribution in [0.25, 0.3) is 0 Å². The number of hydrogen-bond acceptors (Lipinski definition) is 2. The molecule has 1 aromatic carbocycles. The van der Waals surface area contributed by atoms with Crippen molar-refractivity contribution in [2.45, 2.75) is 45.2 Å². The zero-order chi connectivity index (χ0) is 12.5. The van der Waals surface area contributed by atoms with Crippen molar-refractivity contribution in [3.05, 3.63) is 29.8 Å². The zero-order valence-corrected chi connectivity index (χ0v) is 11.5. The lowest BCUT2D eigenvalue weighted by Crippen LogP contribution is -2.56. The first-order chi connectivity index (χ1) is 8.78. The van der Waals surface area contributed by atoms with Crippen molar-refractivity contribution < 1.29 is 0 Å². The van der Waals surface area contributed by atoms with Gasteiger partial charge in [0.2, 0.25) is 0 Å². The largest absolute Gasteiger partial charge is 0.366 e. The third-order valence-corrected chi connectivity index (χ3v) is 4.44. The molecule has 1 heterocycles. The van der Waals surface area contributed by atoms with Crippen LogP contribution in [0.2, 0.25) is 0 Å². The first-order valence-electron chi connectivity index (χ1n) is 7.37. The summed E-state index contributed by atoms with van der Waals surface area (Å²) in [6.07, 6.45) is 3.98. The molecule has 2 fully saturated rings. The average Bonchev–Trinajstić information content (AvgIpc) is 3.24. The molecule has 1 saturated carbocycles. The van der Waals surface area contributed by atoms with E-state index in [0.717, 1.165) is 18.9 Å². The molecule has 2 heteroatoms. The second-order valence-corrected chi connectivity index (χ2v) is 5.88. The Morgan fingerprint density at radius 1 is 1.33 bits per heavy atom. The molecular formula is C16H24N2. The summed E-state index contributed by atoms with van der Waals surface area (Å²) >= 11 is 0. The number of rotatable bonds is 3. The maximum Gasteiger partial charge on any atom is 0.0387 e. The Hall–Kier alpha value is -1.02. The van der Waals surface area contributed by atoms with Gasteiger partial charge in [-0.15, -0.1) is 0 Å². The fourth-order valence-electron chi connectivity index (χ4n) is 3.02. The standard InChI is InChI=1S/C16H24N2/c1-3-13-5-4-6-15(9-13)18-11-16(14-7-8-14)17-10-12(18)2/h4-6,9,12,14,16-17H,3,7-8,10-11H2,1-2H3. The van der Waals surface area contributed by atoms with Gasteiger partial charge in [0.25, 0.3) is 0 Å². The fraction of sp³-hybridized carbons (Fsp3) is 0.625. The Kier molecular flexibility index (Phi) is 3.29. The van der Waals surface area contributed by atoms with Crippen molar-refractivity contribution in [2.75, 3.05) is 18.0 Å². The third kappa shape index (κ3) is 2.39. The minimum absolute atomic E-state index is 0.604. The summed E-state index contributed by atoms with van der Waals surface area (Å²) in [5.41, 5.74) is 2.86. The molecule has 1 aromatic rings. The highest BCUT2D eigenvalue weighted by molar-refractivity contribution is 5.50. The van der Waals surface area contributed by atoms with Crippen LogP contribution >= 0.6 is 0 Å². The van der Waals surface area contributed by atoms with E-state index in [2.05, 4.69) is 48.3 Å². The quantitative estimate of drug-likeness (QED) is 0.879. The molecule has 3 rings (SSSR count). The Balaban J connectivity index is 1.78. The number of aryl methyl sites for hydroxylation is 1. The number of nitrogens with zero attached hydrogens (tertiary/aromatic N) is 1. The van der Waals surface area contributed by atoms with E-state index in [1.165, 1.54) is 30.6 Å². The molecule has 2 unspecified atom stereocenters. The highest BCUT2D eigenvalue weighted by atomic mass is 15.2. The molecule has 0 amide bonds. The van der Waals surface area contributed by atoms with E-state index in [1.807, 2.05) is 0 Å². The Labute approximate surface area is 110 Å². The van der Waals surface area contributed by atoms with Crippen LogP contribution < -0.4 is 10.2 Å². The summed E-state index contributed by atoms with van der Waals surface area (Å²) in [4.78, 5) is 2.60. The van der Waals surface area contributed by atoms with Crippen molar-refractivity contribution in [3.63, 3.8) is 0 Å². The van der Waals surface area contributed by atoms with Crippen molar-refractivity contribution in [1.82, 2.24) is 5.32 Å². The van der Waals surface area contributed by atoms with Crippen molar-refractivity contribution in [2.24, 2.45) is 5.92 Å². The highest BCUT2D eigenvalue weighted by Gasteiger charge is 2.36. The highest BCUT2D eigenvalue weighted by Crippen LogP contribution is 2.35. The van der Waals surface area contributed by atoms with Crippen molar-refractivity contribution >= 4 is 5.69 Å². The summed E-state index contributed by atoms with van der Waals surface area (Å²) in [7, 11) is 0. The van der Waals surface area contributed by atoms with Gasteiger partial charge in [0.05, 0.1) is 0 Å². The van der Waals surface area contributed by atoms with Gasteiger partial charge in [0.15, 0.2) is 0 Å². The van der Waals surface area contributed by atoms with Crippen molar-refractivity contribution in [3.8, 4) is 0 Å². The normalized spacial score (nSPS) is 28.4. The molecule has 2 nitrogen and oxygen atoms in total. The lowest BCUT2D eigenvalue weighted by atomic mass is 10.0. The van der Waals surface area contributed by atoms with E-state index >= 15 is 0 Å². The summed E-state index contributed by atoms with van der Waals surface area (Å²) in [6.45, 7) is 6.86. The Bertz CT molecular complexity index is 411. The Morgan fingerprint density at radius 3 is 2.89 bits per heavy atom. The van der Waals surface area contributed by atoms with E-state index in [9.17, 15) is 0 Å². The van der Waals surface area contributed by atoms with E-state index in [0.29, 0.717) is 12.1 Å². The monoisotopic (exact) mass is 244 g/mol. The third-order valence-electron chi connectivity index (χ3n) is 4.44. The van der Waals surface area contributed by atoms with Crippen LogP contribution in [0.5, 0.6) is 0 Å². The topological polar surface area (TPSA) is 15.3 Å². The molecule has 98 valence electrons. The van der Waals surface area contributed by atoms with E-state index < -0.39 is 0 Å². The van der Waals surface area contributed by atoms with Gasteiger partial charge in [-0.2, -0.15) is 0 Å². The van der Waals surface area contributed by atoms with Crippen LogP contribution in [-0.2, 0) is 6.42 Å². The van der Waals surface area contributed by atoms with Crippen molar-refractivity contribution in [1.29, 1.82) is 0 Å². The molecular weight excluding hydrogens is 220 g/mol. The van der Waals surface area contributed by atoms with Gasteiger partial charge in [-0.3, -0.25) is 0 Å². The molecule has 1 aliphatic carbocycles. The van der Waals surface area contributed by atoms with Crippen LogP contribution in [0.4, 0.5) is 5.69 Å². The number of piperazine rings is 1. The first-order valence-corrected chi connectivity index (χ1v) is 7.37. The predicted octanol–water partition coefficient (Wildman–Crippen LogP) is 2.83. The summed E-state index contributed by atoms with van der Waals surface area (Å²) in [5, 5.41) is 3.72. The van der Waals surface area contributed by atoms with Crippen LogP contribution in [0.1, 0.15) is 32.3 Å². The van der Waals surface area contributed by atoms with Gasteiger partial charge in [-0.05, 0) is 49.8 Å². The molecule has 18 heavy (non-hydrogen) atoms. The van der Waals surface area contributed by atoms with E-state index in [-0.39, 0.29) is 0 Å². The second kappa shape index (κ2) is 4.93. The van der Waals surface area contributed by atoms with E-state index in [4.69, 9.17) is 0 Å². The second-order valence-electron chi connectivity index (χ2n) is 5.88. The van der Waals surface area contributed by atoms with Gasteiger partial charge in [-0.1, -0.05) is 19.1 Å². The smallest absolute Gasteiger partial charge is 0.0387 e. The van der Waals surface area contributed by atoms with Gasteiger partial charge in [-0.25, -0.2) is 0 Å². The molecule has 1 N–H and O–H groups in total. The molecule has 0 bridgehead atoms. The molecule has 2 aliphatic rings. The Morgan fingerprint density at radius 2 is 2.17 bits per heavy atom. The molecule has 0 radical (unpaired) electrons. The number of benzene rings is 1. The average molecular weight is 244 g/mol. The summed E-state index contributed by atoms with van der Waals surface area (Å²) < 4.78 is 0. The number of anilines is 1. The van der Waals surface area contributed by atoms with Crippen LogP contribution in [0, 0.1) is 5.92 Å². The van der Waals surface area contributed by atoms with Gasteiger partial charge in [0.1, 0.15) is 0 Å². The molecule has 0 spiro atoms. The number of hydrogen-bond donors (Lipinski definition) is 1. The van der Waals surface area contributed by atoms with Gasteiger partial charge < -0.3 is 10.2 Å². The lowest BCUT2D eigenvalue weighted by Gasteiger charge is -2.40. The minimum Gasteiger partial charge on any atom is -0.366 e. The minimum atomic E-state index is 0.604. The maximum absolute atomic E-state index is 3.72. The zero-order valence-electron chi connectivity index (χ0n) is 11.5. The molecule has 1 saturated heterocycles. The van der Waals surface area contributed by atoms with E-state index in [1.54, 1.807) is 0 Å². The first kappa shape index (κ1) is 12.0. The summed E-state index contributed by atoms with van der Waals surface area (Å²) in [6, 6.07) is 10.4. The van der Waals surface area contributed by atoms with Gasteiger partial charge >= 0.3 is 0 Å². The van der Waals surface area contributed by atoms with Crippen LogP contribution in [0.15, 0.2) is 24.3 Å². The molecule has 0 aromatic heterocycles. The summed E-state index contributed by atoms with van der Waals surface area (Å²) in [5.74, 6) is 0.939. The fourth-order valence-corrected chi connectivity index (χ4v) is 3.02. The number of nitrogens with one attached hydrogen (secondary N) is 1. The molecule has 1 aliphatic heterocycles. The van der Waals surface area contributed by atoms with Crippen LogP contribution in [-0.4, -0.2) is 25.2 Å². The van der Waals surface area contributed by atoms with Crippen LogP contribution in [0.3, 0.4) is 0 Å². The predicted molar refractivity (Wildman–Crippen MR) is 77.1 cm³/mol. The molecule has 2 atom stereocenters. The van der Waals surface area contributed by atoms with Gasteiger partial charge in [0, 0.05) is 30.9 Å².